The number of carbonyl (C=O) groups is 2. The topological polar surface area (TPSA) is 97.7 Å². The van der Waals surface area contributed by atoms with Gasteiger partial charge in [0, 0.05) is 11.8 Å². The van der Waals surface area contributed by atoms with Crippen molar-refractivity contribution in [3.63, 3.8) is 0 Å². The summed E-state index contributed by atoms with van der Waals surface area (Å²) < 4.78 is 59.6. The highest BCUT2D eigenvalue weighted by atomic mass is 32.2. The molecular weight excluding hydrogens is 310 g/mol. The number of hydrogen-bond acceptors (Lipinski definition) is 5. The predicted octanol–water partition coefficient (Wildman–Crippen LogP) is 0.481. The van der Waals surface area contributed by atoms with E-state index in [1.807, 2.05) is 0 Å². The maximum absolute atomic E-state index is 13.0. The Morgan fingerprint density at radius 1 is 1.43 bits per heavy atom. The van der Waals surface area contributed by atoms with E-state index >= 15 is 0 Å². The van der Waals surface area contributed by atoms with Crippen LogP contribution in [-0.4, -0.2) is 36.6 Å². The minimum Gasteiger partial charge on any atom is -0.458 e. The average Bonchev–Trinajstić information content (AvgIpc) is 3.04. The molecule has 0 aromatic carbocycles. The molecule has 9 heteroatoms. The zero-order valence-electron chi connectivity index (χ0n) is 10.7. The number of rotatable bonds is 4. The number of carbonyl (C=O) groups excluding carboxylic acids is 2. The van der Waals surface area contributed by atoms with E-state index in [1.165, 1.54) is 0 Å². The fourth-order valence-electron chi connectivity index (χ4n) is 4.82. The summed E-state index contributed by atoms with van der Waals surface area (Å²) in [5.41, 5.74) is 0.0849. The smallest absolute Gasteiger partial charge is 0.402 e. The third kappa shape index (κ3) is 1.41. The molecule has 6 nitrogen and oxygen atoms in total. The van der Waals surface area contributed by atoms with Gasteiger partial charge < -0.3 is 4.74 Å². The lowest BCUT2D eigenvalue weighted by atomic mass is 9.43. The fraction of sp³-hybridized carbons (Fsp3) is 0.833. The molecule has 0 bridgehead atoms. The normalized spacial score (nSPS) is 46.0. The monoisotopic (exact) mass is 322 g/mol. The highest BCUT2D eigenvalue weighted by Gasteiger charge is 2.86. The van der Waals surface area contributed by atoms with Crippen LogP contribution in [0.5, 0.6) is 0 Å². The Morgan fingerprint density at radius 3 is 2.71 bits per heavy atom. The van der Waals surface area contributed by atoms with Crippen molar-refractivity contribution in [2.24, 2.45) is 35.0 Å². The van der Waals surface area contributed by atoms with Crippen LogP contribution in [0.2, 0.25) is 0 Å². The largest absolute Gasteiger partial charge is 0.458 e. The molecule has 4 aliphatic rings. The Balaban J connectivity index is 1.43. The molecule has 0 aliphatic heterocycles. The Morgan fingerprint density at radius 2 is 2.10 bits per heavy atom. The lowest BCUT2D eigenvalue weighted by molar-refractivity contribution is -0.193. The first kappa shape index (κ1) is 13.6. The maximum atomic E-state index is 13.0. The van der Waals surface area contributed by atoms with E-state index in [-0.39, 0.29) is 29.0 Å². The minimum atomic E-state index is -5.62. The van der Waals surface area contributed by atoms with Gasteiger partial charge in [-0.1, -0.05) is 0 Å². The second-order valence-electron chi connectivity index (χ2n) is 6.56. The van der Waals surface area contributed by atoms with Crippen molar-refractivity contribution in [3.8, 4) is 0 Å². The molecule has 4 aliphatic carbocycles. The first-order chi connectivity index (χ1) is 9.60. The van der Waals surface area contributed by atoms with Crippen LogP contribution in [0.1, 0.15) is 12.8 Å². The minimum absolute atomic E-state index is 0.00157. The molecule has 6 unspecified atom stereocenters. The summed E-state index contributed by atoms with van der Waals surface area (Å²) in [5, 5.41) is -4.53. The van der Waals surface area contributed by atoms with Crippen LogP contribution < -0.4 is 0 Å². The summed E-state index contributed by atoms with van der Waals surface area (Å²) in [4.78, 5) is 23.9. The summed E-state index contributed by atoms with van der Waals surface area (Å²) in [7, 11) is -5.62. The van der Waals surface area contributed by atoms with Gasteiger partial charge in [0.25, 0.3) is 0 Å². The van der Waals surface area contributed by atoms with Crippen molar-refractivity contribution in [2.75, 3.05) is 6.61 Å². The molecule has 0 aromatic rings. The molecule has 116 valence electrons. The van der Waals surface area contributed by atoms with Crippen LogP contribution in [0.3, 0.4) is 0 Å². The zero-order chi connectivity index (χ0) is 15.4. The van der Waals surface area contributed by atoms with E-state index in [4.69, 9.17) is 4.55 Å². The quantitative estimate of drug-likeness (QED) is 0.597. The molecule has 0 amide bonds. The molecule has 21 heavy (non-hydrogen) atoms. The van der Waals surface area contributed by atoms with E-state index in [9.17, 15) is 26.8 Å². The lowest BCUT2D eigenvalue weighted by Crippen LogP contribution is -2.61. The predicted molar refractivity (Wildman–Crippen MR) is 61.6 cm³/mol. The third-order valence-corrected chi connectivity index (χ3v) is 6.67. The SMILES string of the molecule is O=C(OCC(F)(F)S(=O)(=O)O)C1C2CC34CC3C(=O)C1C24. The van der Waals surface area contributed by atoms with E-state index < -0.39 is 39.8 Å². The van der Waals surface area contributed by atoms with Gasteiger partial charge in [0.05, 0.1) is 5.92 Å². The number of Topliss-reactive ketones (excluding diaryl/α,β-unsaturated/α-hetero) is 1. The second kappa shape index (κ2) is 3.45. The molecule has 4 fully saturated rings. The number of ketones is 1. The zero-order valence-corrected chi connectivity index (χ0v) is 11.5. The lowest BCUT2D eigenvalue weighted by Gasteiger charge is -2.59. The standard InChI is InChI=1S/C12H12F2O6S/c13-12(14,21(17,18)19)3-20-10(16)6-4-1-11-2-5(11)9(15)7(6)8(4)11/h4-8H,1-3H2,(H,17,18,19). The molecule has 4 saturated carbocycles. The number of alkyl halides is 2. The van der Waals surface area contributed by atoms with Gasteiger partial charge in [-0.3, -0.25) is 14.1 Å². The van der Waals surface area contributed by atoms with Gasteiger partial charge >= 0.3 is 21.3 Å². The Hall–Kier alpha value is -1.09. The van der Waals surface area contributed by atoms with Crippen molar-refractivity contribution in [3.05, 3.63) is 0 Å². The van der Waals surface area contributed by atoms with Gasteiger partial charge in [-0.25, -0.2) is 0 Å². The van der Waals surface area contributed by atoms with Crippen molar-refractivity contribution >= 4 is 21.9 Å². The molecule has 1 N–H and O–H groups in total. The summed E-state index contributed by atoms with van der Waals surface area (Å²) in [6, 6.07) is 0. The van der Waals surface area contributed by atoms with Gasteiger partial charge in [0.15, 0.2) is 6.61 Å². The molecule has 0 aromatic heterocycles. The van der Waals surface area contributed by atoms with Crippen molar-refractivity contribution in [2.45, 2.75) is 18.1 Å². The number of esters is 1. The van der Waals surface area contributed by atoms with Crippen LogP contribution in [0, 0.1) is 35.0 Å². The first-order valence-corrected chi connectivity index (χ1v) is 8.09. The number of ether oxygens (including phenoxy) is 1. The molecule has 0 heterocycles. The summed E-state index contributed by atoms with van der Waals surface area (Å²) in [6.07, 6.45) is 1.63. The molecule has 1 spiro atoms. The van der Waals surface area contributed by atoms with Crippen molar-refractivity contribution in [1.82, 2.24) is 0 Å². The molecule has 0 saturated heterocycles. The van der Waals surface area contributed by atoms with Crippen LogP contribution in [0.4, 0.5) is 8.78 Å². The maximum Gasteiger partial charge on any atom is 0.402 e. The average molecular weight is 322 g/mol. The van der Waals surface area contributed by atoms with Gasteiger partial charge in [0.1, 0.15) is 5.78 Å². The molecule has 4 rings (SSSR count). The van der Waals surface area contributed by atoms with E-state index in [0.29, 0.717) is 0 Å². The molecule has 0 radical (unpaired) electrons. The molecular formula is C12H12F2O6S. The van der Waals surface area contributed by atoms with Crippen LogP contribution in [-0.2, 0) is 24.4 Å². The first-order valence-electron chi connectivity index (χ1n) is 6.65. The van der Waals surface area contributed by atoms with Gasteiger partial charge in [-0.15, -0.1) is 0 Å². The van der Waals surface area contributed by atoms with Crippen LogP contribution in [0.15, 0.2) is 0 Å². The van der Waals surface area contributed by atoms with Gasteiger partial charge in [0.2, 0.25) is 0 Å². The number of hydrogen-bond donors (Lipinski definition) is 1. The summed E-state index contributed by atoms with van der Waals surface area (Å²) in [6.45, 7) is -1.73. The summed E-state index contributed by atoms with van der Waals surface area (Å²) >= 11 is 0. The van der Waals surface area contributed by atoms with Crippen molar-refractivity contribution in [1.29, 1.82) is 0 Å². The van der Waals surface area contributed by atoms with Gasteiger partial charge in [-0.05, 0) is 30.1 Å². The van der Waals surface area contributed by atoms with E-state index in [2.05, 4.69) is 4.74 Å². The van der Waals surface area contributed by atoms with Gasteiger partial charge in [-0.2, -0.15) is 17.2 Å². The second-order valence-corrected chi connectivity index (χ2v) is 8.11. The highest BCUT2D eigenvalue weighted by molar-refractivity contribution is 7.86. The number of halogens is 2. The Labute approximate surface area is 118 Å². The fourth-order valence-corrected chi connectivity index (χ4v) is 5.03. The highest BCUT2D eigenvalue weighted by Crippen LogP contribution is 2.85. The third-order valence-electron chi connectivity index (χ3n) is 5.80. The van der Waals surface area contributed by atoms with Crippen LogP contribution >= 0.6 is 0 Å². The van der Waals surface area contributed by atoms with Crippen LogP contribution in [0.25, 0.3) is 0 Å². The van der Waals surface area contributed by atoms with E-state index in [1.54, 1.807) is 0 Å². The van der Waals surface area contributed by atoms with E-state index in [0.717, 1.165) is 12.8 Å². The Bertz CT molecular complexity index is 673. The summed E-state index contributed by atoms with van der Waals surface area (Å²) in [5.74, 6) is -1.88. The Kier molecular flexibility index (Phi) is 2.23. The van der Waals surface area contributed by atoms with Crippen molar-refractivity contribution < 1.29 is 36.1 Å². The molecule has 6 atom stereocenters.